The number of esters is 1. The minimum absolute atomic E-state index is 0.341. The van der Waals surface area contributed by atoms with Gasteiger partial charge in [-0.05, 0) is 33.6 Å². The van der Waals surface area contributed by atoms with Gasteiger partial charge in [0.05, 0.1) is 17.7 Å². The van der Waals surface area contributed by atoms with Crippen molar-refractivity contribution in [2.24, 2.45) is 0 Å². The lowest BCUT2D eigenvalue weighted by Crippen LogP contribution is -2.36. The van der Waals surface area contributed by atoms with Crippen LogP contribution in [0.1, 0.15) is 12.0 Å². The zero-order valence-electron chi connectivity index (χ0n) is 10.5. The van der Waals surface area contributed by atoms with Crippen molar-refractivity contribution in [1.82, 2.24) is 4.90 Å². The summed E-state index contributed by atoms with van der Waals surface area (Å²) in [7, 11) is 1.32. The fraction of sp³-hybridized carbons (Fsp3) is 0.462. The molecule has 2 atom stereocenters. The van der Waals surface area contributed by atoms with E-state index in [-0.39, 0.29) is 11.8 Å². The molecule has 1 aromatic carbocycles. The maximum atomic E-state index is 13.4. The molecular formula is C13H15BrFNO3. The van der Waals surface area contributed by atoms with Crippen molar-refractivity contribution in [2.45, 2.75) is 25.1 Å². The molecule has 104 valence electrons. The summed E-state index contributed by atoms with van der Waals surface area (Å²) in [6.07, 6.45) is -0.199. The topological polar surface area (TPSA) is 49.8 Å². The highest BCUT2D eigenvalue weighted by molar-refractivity contribution is 9.10. The van der Waals surface area contributed by atoms with Crippen LogP contribution in [0.4, 0.5) is 4.39 Å². The summed E-state index contributed by atoms with van der Waals surface area (Å²) < 4.78 is 18.6. The van der Waals surface area contributed by atoms with E-state index < -0.39 is 12.1 Å². The van der Waals surface area contributed by atoms with Crippen LogP contribution in [0.3, 0.4) is 0 Å². The van der Waals surface area contributed by atoms with E-state index in [1.165, 1.54) is 13.2 Å². The van der Waals surface area contributed by atoms with Crippen LogP contribution in [0.2, 0.25) is 0 Å². The highest BCUT2D eigenvalue weighted by Gasteiger charge is 2.36. The smallest absolute Gasteiger partial charge is 0.323 e. The van der Waals surface area contributed by atoms with Gasteiger partial charge in [0.2, 0.25) is 0 Å². The molecule has 1 fully saturated rings. The minimum Gasteiger partial charge on any atom is -0.468 e. The molecule has 4 nitrogen and oxygen atoms in total. The minimum atomic E-state index is -0.551. The molecule has 0 bridgehead atoms. The molecule has 0 aliphatic carbocycles. The number of aliphatic hydroxyl groups is 1. The van der Waals surface area contributed by atoms with E-state index >= 15 is 0 Å². The van der Waals surface area contributed by atoms with Crippen LogP contribution in [-0.4, -0.2) is 41.8 Å². The predicted octanol–water partition coefficient (Wildman–Crippen LogP) is 1.70. The van der Waals surface area contributed by atoms with Gasteiger partial charge < -0.3 is 9.84 Å². The largest absolute Gasteiger partial charge is 0.468 e. The molecule has 6 heteroatoms. The number of aliphatic hydroxyl groups excluding tert-OH is 1. The lowest BCUT2D eigenvalue weighted by atomic mass is 10.1. The number of carbonyl (C=O) groups is 1. The SMILES string of the molecule is COC(=O)[C@@H]1C[C@@H](O)CN1Cc1ccc(Br)c(F)c1. The molecule has 1 saturated heterocycles. The average Bonchev–Trinajstić information content (AvgIpc) is 2.74. The molecule has 1 heterocycles. The molecule has 1 aliphatic heterocycles. The van der Waals surface area contributed by atoms with Gasteiger partial charge >= 0.3 is 5.97 Å². The Bertz CT molecular complexity index is 483. The van der Waals surface area contributed by atoms with Crippen molar-refractivity contribution in [3.05, 3.63) is 34.1 Å². The number of methoxy groups -OCH3 is 1. The molecule has 1 N–H and O–H groups in total. The summed E-state index contributed by atoms with van der Waals surface area (Å²) >= 11 is 3.10. The summed E-state index contributed by atoms with van der Waals surface area (Å²) in [4.78, 5) is 13.4. The number of nitrogens with zero attached hydrogens (tertiary/aromatic N) is 1. The van der Waals surface area contributed by atoms with Gasteiger partial charge in [-0.15, -0.1) is 0 Å². The zero-order valence-corrected chi connectivity index (χ0v) is 12.1. The van der Waals surface area contributed by atoms with Crippen molar-refractivity contribution >= 4 is 21.9 Å². The third-order valence-corrected chi connectivity index (χ3v) is 3.87. The number of β-amino-alcohol motifs (C(OH)–C–C–N with tert-alkyl or cyclic N) is 1. The van der Waals surface area contributed by atoms with Crippen LogP contribution in [0, 0.1) is 5.82 Å². The number of likely N-dealkylation sites (tertiary alicyclic amines) is 1. The molecule has 0 unspecified atom stereocenters. The molecule has 2 rings (SSSR count). The zero-order chi connectivity index (χ0) is 14.0. The van der Waals surface area contributed by atoms with Crippen LogP contribution in [-0.2, 0) is 16.1 Å². The third kappa shape index (κ3) is 3.32. The Morgan fingerprint density at radius 1 is 1.63 bits per heavy atom. The Morgan fingerprint density at radius 2 is 2.37 bits per heavy atom. The summed E-state index contributed by atoms with van der Waals surface area (Å²) in [6.45, 7) is 0.790. The molecule has 0 saturated carbocycles. The quantitative estimate of drug-likeness (QED) is 0.856. The monoisotopic (exact) mass is 331 g/mol. The van der Waals surface area contributed by atoms with Crippen LogP contribution < -0.4 is 0 Å². The lowest BCUT2D eigenvalue weighted by Gasteiger charge is -2.22. The molecule has 0 amide bonds. The fourth-order valence-corrected chi connectivity index (χ4v) is 2.55. The Hall–Kier alpha value is -0.980. The van der Waals surface area contributed by atoms with Crippen molar-refractivity contribution in [2.75, 3.05) is 13.7 Å². The summed E-state index contributed by atoms with van der Waals surface area (Å²) in [5.74, 6) is -0.707. The number of hydrogen-bond acceptors (Lipinski definition) is 4. The first-order valence-electron chi connectivity index (χ1n) is 5.95. The van der Waals surface area contributed by atoms with Crippen LogP contribution in [0.25, 0.3) is 0 Å². The number of ether oxygens (including phenoxy) is 1. The van der Waals surface area contributed by atoms with E-state index in [9.17, 15) is 14.3 Å². The molecule has 0 radical (unpaired) electrons. The fourth-order valence-electron chi connectivity index (χ4n) is 2.31. The van der Waals surface area contributed by atoms with Crippen LogP contribution >= 0.6 is 15.9 Å². The van der Waals surface area contributed by atoms with E-state index in [1.54, 1.807) is 17.0 Å². The Labute approximate surface area is 119 Å². The van der Waals surface area contributed by atoms with Crippen molar-refractivity contribution < 1.29 is 19.0 Å². The number of rotatable bonds is 3. The van der Waals surface area contributed by atoms with Crippen molar-refractivity contribution in [3.63, 3.8) is 0 Å². The third-order valence-electron chi connectivity index (χ3n) is 3.22. The first kappa shape index (κ1) is 14.4. The Balaban J connectivity index is 2.12. The van der Waals surface area contributed by atoms with E-state index in [4.69, 9.17) is 4.74 Å². The van der Waals surface area contributed by atoms with E-state index in [0.717, 1.165) is 5.56 Å². The summed E-state index contributed by atoms with van der Waals surface area (Å²) in [6, 6.07) is 4.37. The highest BCUT2D eigenvalue weighted by atomic mass is 79.9. The van der Waals surface area contributed by atoms with E-state index in [0.29, 0.717) is 24.0 Å². The average molecular weight is 332 g/mol. The molecular weight excluding hydrogens is 317 g/mol. The van der Waals surface area contributed by atoms with Gasteiger partial charge in [0.1, 0.15) is 11.9 Å². The van der Waals surface area contributed by atoms with Crippen molar-refractivity contribution in [1.29, 1.82) is 0 Å². The standard InChI is InChI=1S/C13H15BrFNO3/c1-19-13(18)12-5-9(17)7-16(12)6-8-2-3-10(14)11(15)4-8/h2-4,9,12,17H,5-7H2,1H3/t9-,12+/m1/s1. The Kier molecular flexibility index (Phi) is 4.54. The molecule has 1 aromatic rings. The van der Waals surface area contributed by atoms with Gasteiger partial charge in [-0.3, -0.25) is 9.69 Å². The van der Waals surface area contributed by atoms with Gasteiger partial charge in [0.25, 0.3) is 0 Å². The predicted molar refractivity (Wildman–Crippen MR) is 70.9 cm³/mol. The molecule has 1 aliphatic rings. The van der Waals surface area contributed by atoms with Crippen molar-refractivity contribution in [3.8, 4) is 0 Å². The second-order valence-corrected chi connectivity index (χ2v) is 5.46. The van der Waals surface area contributed by atoms with Crippen LogP contribution in [0.15, 0.2) is 22.7 Å². The summed E-state index contributed by atoms with van der Waals surface area (Å²) in [5.41, 5.74) is 0.753. The second-order valence-electron chi connectivity index (χ2n) is 4.61. The van der Waals surface area contributed by atoms with Crippen LogP contribution in [0.5, 0.6) is 0 Å². The molecule has 0 spiro atoms. The number of hydrogen-bond donors (Lipinski definition) is 1. The number of benzene rings is 1. The highest BCUT2D eigenvalue weighted by Crippen LogP contribution is 2.23. The summed E-state index contributed by atoms with van der Waals surface area (Å²) in [5, 5.41) is 9.66. The maximum absolute atomic E-state index is 13.4. The van der Waals surface area contributed by atoms with Gasteiger partial charge in [0.15, 0.2) is 0 Å². The first-order chi connectivity index (χ1) is 9.01. The van der Waals surface area contributed by atoms with E-state index in [1.807, 2.05) is 0 Å². The molecule has 19 heavy (non-hydrogen) atoms. The number of carbonyl (C=O) groups excluding carboxylic acids is 1. The van der Waals surface area contributed by atoms with Gasteiger partial charge in [0, 0.05) is 19.5 Å². The Morgan fingerprint density at radius 3 is 3.00 bits per heavy atom. The van der Waals surface area contributed by atoms with Gasteiger partial charge in [-0.1, -0.05) is 6.07 Å². The number of halogens is 2. The maximum Gasteiger partial charge on any atom is 0.323 e. The first-order valence-corrected chi connectivity index (χ1v) is 6.74. The van der Waals surface area contributed by atoms with Gasteiger partial charge in [-0.25, -0.2) is 4.39 Å². The normalized spacial score (nSPS) is 23.6. The second kappa shape index (κ2) is 5.98. The van der Waals surface area contributed by atoms with E-state index in [2.05, 4.69) is 15.9 Å². The van der Waals surface area contributed by atoms with Gasteiger partial charge in [-0.2, -0.15) is 0 Å². The molecule has 0 aromatic heterocycles. The lowest BCUT2D eigenvalue weighted by molar-refractivity contribution is -0.146.